The molecule has 0 radical (unpaired) electrons. The van der Waals surface area contributed by atoms with Gasteiger partial charge in [-0.05, 0) is 44.4 Å². The quantitative estimate of drug-likeness (QED) is 0.844. The van der Waals surface area contributed by atoms with Crippen molar-refractivity contribution in [2.24, 2.45) is 5.92 Å². The molecule has 2 aliphatic heterocycles. The van der Waals surface area contributed by atoms with Gasteiger partial charge in [-0.25, -0.2) is 0 Å². The van der Waals surface area contributed by atoms with Gasteiger partial charge in [-0.2, -0.15) is 0 Å². The van der Waals surface area contributed by atoms with E-state index < -0.39 is 0 Å². The lowest BCUT2D eigenvalue weighted by Gasteiger charge is -2.44. The Morgan fingerprint density at radius 3 is 2.68 bits per heavy atom. The van der Waals surface area contributed by atoms with Crippen molar-refractivity contribution in [3.05, 3.63) is 11.6 Å². The van der Waals surface area contributed by atoms with Crippen LogP contribution in [0.4, 0.5) is 0 Å². The Labute approximate surface area is 149 Å². The average molecular weight is 343 g/mol. The second kappa shape index (κ2) is 6.38. The molecular formula is C19H29N5O. The van der Waals surface area contributed by atoms with Crippen molar-refractivity contribution < 1.29 is 4.79 Å². The first-order chi connectivity index (χ1) is 12.3. The van der Waals surface area contributed by atoms with E-state index in [0.717, 1.165) is 37.9 Å². The standard InChI is InChI=1S/C19H29N5O/c25-18(23-9-3-5-14-4-1-2-6-16(14)23)13-22-10-11-24-17(12-22)20-21-19(24)15-7-8-15/h14-16H,1-13H2/t14-,16+/m1/s1. The fourth-order valence-electron chi connectivity index (χ4n) is 5.23. The fourth-order valence-corrected chi connectivity index (χ4v) is 5.23. The summed E-state index contributed by atoms with van der Waals surface area (Å²) in [6, 6.07) is 0.518. The highest BCUT2D eigenvalue weighted by atomic mass is 16.2. The predicted octanol–water partition coefficient (Wildman–Crippen LogP) is 2.15. The number of aromatic nitrogens is 3. The number of carbonyl (C=O) groups is 1. The molecule has 25 heavy (non-hydrogen) atoms. The van der Waals surface area contributed by atoms with E-state index in [1.54, 1.807) is 0 Å². The summed E-state index contributed by atoms with van der Waals surface area (Å²) >= 11 is 0. The minimum absolute atomic E-state index is 0.340. The van der Waals surface area contributed by atoms with Gasteiger partial charge in [-0.3, -0.25) is 9.69 Å². The number of hydrogen-bond acceptors (Lipinski definition) is 4. The summed E-state index contributed by atoms with van der Waals surface area (Å²) in [6.45, 7) is 4.17. The molecule has 1 aromatic heterocycles. The van der Waals surface area contributed by atoms with Crippen molar-refractivity contribution in [2.75, 3.05) is 19.6 Å². The lowest BCUT2D eigenvalue weighted by molar-refractivity contribution is -0.139. The Hall–Kier alpha value is -1.43. The van der Waals surface area contributed by atoms with Gasteiger partial charge in [0.25, 0.3) is 0 Å². The van der Waals surface area contributed by atoms with Gasteiger partial charge in [-0.1, -0.05) is 12.8 Å². The molecule has 2 atom stereocenters. The van der Waals surface area contributed by atoms with Crippen LogP contribution in [0.25, 0.3) is 0 Å². The van der Waals surface area contributed by atoms with Crippen molar-refractivity contribution >= 4 is 5.91 Å². The van der Waals surface area contributed by atoms with E-state index in [-0.39, 0.29) is 0 Å². The van der Waals surface area contributed by atoms with Gasteiger partial charge in [0.1, 0.15) is 11.6 Å². The van der Waals surface area contributed by atoms with Gasteiger partial charge in [0, 0.05) is 31.6 Å². The molecule has 2 saturated carbocycles. The van der Waals surface area contributed by atoms with E-state index in [1.165, 1.54) is 57.2 Å². The van der Waals surface area contributed by atoms with Crippen LogP contribution in [-0.4, -0.2) is 56.1 Å². The van der Waals surface area contributed by atoms with Crippen LogP contribution in [0.1, 0.15) is 68.9 Å². The highest BCUT2D eigenvalue weighted by Crippen LogP contribution is 2.39. The summed E-state index contributed by atoms with van der Waals surface area (Å²) in [5.41, 5.74) is 0. The summed E-state index contributed by atoms with van der Waals surface area (Å²) in [7, 11) is 0. The van der Waals surface area contributed by atoms with Gasteiger partial charge in [0.2, 0.25) is 5.91 Å². The highest BCUT2D eigenvalue weighted by Gasteiger charge is 2.37. The topological polar surface area (TPSA) is 54.3 Å². The normalized spacial score (nSPS) is 30.0. The monoisotopic (exact) mass is 343 g/mol. The SMILES string of the molecule is O=C(CN1CCn2c(nnc2C2CC2)C1)N1CCC[C@H]2CCCC[C@@H]21. The van der Waals surface area contributed by atoms with Gasteiger partial charge in [-0.15, -0.1) is 10.2 Å². The molecule has 0 bridgehead atoms. The maximum atomic E-state index is 13.0. The summed E-state index contributed by atoms with van der Waals surface area (Å²) < 4.78 is 2.30. The number of piperidine rings is 1. The van der Waals surface area contributed by atoms with Crippen molar-refractivity contribution in [2.45, 2.75) is 76.4 Å². The van der Waals surface area contributed by atoms with Gasteiger partial charge >= 0.3 is 0 Å². The van der Waals surface area contributed by atoms with Crippen LogP contribution in [0.3, 0.4) is 0 Å². The number of amides is 1. The lowest BCUT2D eigenvalue weighted by Crippen LogP contribution is -2.53. The van der Waals surface area contributed by atoms with Crippen molar-refractivity contribution in [1.82, 2.24) is 24.6 Å². The third-order valence-electron chi connectivity index (χ3n) is 6.73. The zero-order valence-corrected chi connectivity index (χ0v) is 15.1. The third kappa shape index (κ3) is 2.98. The smallest absolute Gasteiger partial charge is 0.237 e. The first-order valence-corrected chi connectivity index (χ1v) is 10.2. The third-order valence-corrected chi connectivity index (χ3v) is 6.73. The number of fused-ring (bicyclic) bond motifs is 2. The summed E-state index contributed by atoms with van der Waals surface area (Å²) in [5.74, 6) is 3.98. The van der Waals surface area contributed by atoms with E-state index in [2.05, 4.69) is 24.6 Å². The van der Waals surface area contributed by atoms with Crippen LogP contribution >= 0.6 is 0 Å². The van der Waals surface area contributed by atoms with Gasteiger partial charge in [0.05, 0.1) is 13.1 Å². The molecule has 0 spiro atoms. The van der Waals surface area contributed by atoms with Crippen molar-refractivity contribution in [3.63, 3.8) is 0 Å². The molecule has 3 fully saturated rings. The Kier molecular flexibility index (Phi) is 4.03. The molecule has 2 aliphatic carbocycles. The molecule has 5 rings (SSSR count). The average Bonchev–Trinajstić information content (AvgIpc) is 3.40. The maximum absolute atomic E-state index is 13.0. The number of likely N-dealkylation sites (tertiary alicyclic amines) is 1. The molecular weight excluding hydrogens is 314 g/mol. The molecule has 1 aromatic rings. The molecule has 0 unspecified atom stereocenters. The van der Waals surface area contributed by atoms with Crippen LogP contribution in [0, 0.1) is 5.92 Å². The van der Waals surface area contributed by atoms with Gasteiger partial charge in [0.15, 0.2) is 0 Å². The van der Waals surface area contributed by atoms with Crippen LogP contribution in [0.2, 0.25) is 0 Å². The summed E-state index contributed by atoms with van der Waals surface area (Å²) in [4.78, 5) is 17.5. The number of nitrogens with zero attached hydrogens (tertiary/aromatic N) is 5. The first-order valence-electron chi connectivity index (χ1n) is 10.2. The molecule has 1 saturated heterocycles. The van der Waals surface area contributed by atoms with E-state index in [1.807, 2.05) is 0 Å². The first kappa shape index (κ1) is 15.8. The molecule has 6 nitrogen and oxygen atoms in total. The molecule has 1 amide bonds. The van der Waals surface area contributed by atoms with E-state index in [9.17, 15) is 4.79 Å². The van der Waals surface area contributed by atoms with Crippen LogP contribution in [0.15, 0.2) is 0 Å². The number of rotatable bonds is 3. The van der Waals surface area contributed by atoms with Crippen molar-refractivity contribution in [1.29, 1.82) is 0 Å². The summed E-state index contributed by atoms with van der Waals surface area (Å²) in [5, 5.41) is 8.81. The summed E-state index contributed by atoms with van der Waals surface area (Å²) in [6.07, 6.45) is 10.2. The number of carbonyl (C=O) groups excluding carboxylic acids is 1. The van der Waals surface area contributed by atoms with E-state index in [0.29, 0.717) is 24.4 Å². The minimum Gasteiger partial charge on any atom is -0.338 e. The maximum Gasteiger partial charge on any atom is 0.237 e. The predicted molar refractivity (Wildman–Crippen MR) is 94.0 cm³/mol. The molecule has 0 N–H and O–H groups in total. The second-order valence-corrected chi connectivity index (χ2v) is 8.45. The van der Waals surface area contributed by atoms with Crippen LogP contribution in [-0.2, 0) is 17.9 Å². The Morgan fingerprint density at radius 2 is 1.80 bits per heavy atom. The Morgan fingerprint density at radius 1 is 0.960 bits per heavy atom. The zero-order valence-electron chi connectivity index (χ0n) is 15.1. The lowest BCUT2D eigenvalue weighted by atomic mass is 9.78. The Bertz CT molecular complexity index is 650. The van der Waals surface area contributed by atoms with E-state index in [4.69, 9.17) is 0 Å². The largest absolute Gasteiger partial charge is 0.338 e. The van der Waals surface area contributed by atoms with E-state index >= 15 is 0 Å². The van der Waals surface area contributed by atoms with Crippen LogP contribution < -0.4 is 0 Å². The zero-order chi connectivity index (χ0) is 16.8. The second-order valence-electron chi connectivity index (χ2n) is 8.45. The van der Waals surface area contributed by atoms with Gasteiger partial charge < -0.3 is 9.47 Å². The molecule has 0 aromatic carbocycles. The van der Waals surface area contributed by atoms with Crippen molar-refractivity contribution in [3.8, 4) is 0 Å². The minimum atomic E-state index is 0.340. The molecule has 136 valence electrons. The Balaban J connectivity index is 1.23. The molecule has 4 aliphatic rings. The van der Waals surface area contributed by atoms with Crippen LogP contribution in [0.5, 0.6) is 0 Å². The fraction of sp³-hybridized carbons (Fsp3) is 0.842. The highest BCUT2D eigenvalue weighted by molar-refractivity contribution is 5.78. The molecule has 3 heterocycles. The molecule has 6 heteroatoms. The number of hydrogen-bond donors (Lipinski definition) is 0.